The minimum absolute atomic E-state index is 0.0162. The summed E-state index contributed by atoms with van der Waals surface area (Å²) >= 11 is 0. The highest BCUT2D eigenvalue weighted by Crippen LogP contribution is 2.24. The fraction of sp³-hybridized carbons (Fsp3) is 0.707. The molecule has 0 saturated carbocycles. The van der Waals surface area contributed by atoms with E-state index >= 15 is 0 Å². The van der Waals surface area contributed by atoms with Crippen molar-refractivity contribution >= 4 is 35.5 Å². The van der Waals surface area contributed by atoms with E-state index in [2.05, 4.69) is 19.2 Å². The van der Waals surface area contributed by atoms with E-state index < -0.39 is 24.1 Å². The summed E-state index contributed by atoms with van der Waals surface area (Å²) < 4.78 is 11.3. The van der Waals surface area contributed by atoms with Crippen molar-refractivity contribution in [3.63, 3.8) is 0 Å². The first-order chi connectivity index (χ1) is 25.0. The van der Waals surface area contributed by atoms with Crippen LogP contribution in [0.1, 0.15) is 111 Å². The molecule has 0 aromatic heterocycles. The van der Waals surface area contributed by atoms with Crippen LogP contribution in [0.4, 0.5) is 4.79 Å². The van der Waals surface area contributed by atoms with E-state index in [0.717, 1.165) is 30.4 Å². The first kappa shape index (κ1) is 45.4. The van der Waals surface area contributed by atoms with Crippen molar-refractivity contribution in [1.29, 1.82) is 0 Å². The molecule has 2 rings (SSSR count). The third kappa shape index (κ3) is 12.9. The number of hydrogen-bond acceptors (Lipinski definition) is 8. The summed E-state index contributed by atoms with van der Waals surface area (Å²) in [5.74, 6) is -1.27. The van der Waals surface area contributed by atoms with Crippen LogP contribution in [-0.4, -0.2) is 102 Å². The zero-order valence-corrected chi connectivity index (χ0v) is 34.1. The Kier molecular flexibility index (Phi) is 18.6. The van der Waals surface area contributed by atoms with Crippen LogP contribution in [0.3, 0.4) is 0 Å². The Hall–Kier alpha value is -3.80. The molecular weight excluding hydrogens is 676 g/mol. The molecule has 0 bridgehead atoms. The van der Waals surface area contributed by atoms with E-state index in [9.17, 15) is 28.8 Å². The van der Waals surface area contributed by atoms with E-state index in [-0.39, 0.29) is 78.8 Å². The topological polar surface area (TPSA) is 143 Å². The largest absolute Gasteiger partial charge is 0.445 e. The van der Waals surface area contributed by atoms with Crippen molar-refractivity contribution in [2.45, 2.75) is 138 Å². The number of unbranched alkanes of at least 4 members (excludes halogenated alkanes) is 2. The van der Waals surface area contributed by atoms with Crippen LogP contribution >= 0.6 is 0 Å². The van der Waals surface area contributed by atoms with E-state index in [1.54, 1.807) is 26.0 Å². The normalized spacial score (nSPS) is 17.4. The smallest absolute Gasteiger partial charge is 0.410 e. The molecule has 0 radical (unpaired) electrons. The number of amides is 5. The summed E-state index contributed by atoms with van der Waals surface area (Å²) in [6.45, 7) is 15.8. The van der Waals surface area contributed by atoms with Gasteiger partial charge in [0.05, 0.1) is 12.1 Å². The third-order valence-electron chi connectivity index (χ3n) is 10.5. The van der Waals surface area contributed by atoms with Crippen molar-refractivity contribution < 1.29 is 38.2 Å². The van der Waals surface area contributed by atoms with Gasteiger partial charge in [-0.3, -0.25) is 33.8 Å². The number of hydrogen-bond donors (Lipinski definition) is 1. The molecule has 1 N–H and O–H groups in total. The van der Waals surface area contributed by atoms with Gasteiger partial charge in [0.15, 0.2) is 0 Å². The van der Waals surface area contributed by atoms with Gasteiger partial charge in [0, 0.05) is 52.9 Å². The molecule has 12 heteroatoms. The number of nitrogens with one attached hydrogen (secondary N) is 1. The molecular formula is C41H66N4O8. The SMILES string of the molecule is CC[C@H](C)[C@@H]([C@@H](CC)OC)N(C)C(=O)[C@@H](NC(=O)[C@H](C(C)C)N(C)C(=O)OCc1ccc(CC(=O)CCCCCN2C(=O)CC(C)C2=O)cc1)C(C)C. The number of nitrogens with zero attached hydrogens (tertiary/aromatic N) is 3. The second kappa shape index (κ2) is 21.8. The highest BCUT2D eigenvalue weighted by atomic mass is 16.6. The Morgan fingerprint density at radius 2 is 1.51 bits per heavy atom. The van der Waals surface area contributed by atoms with Crippen molar-refractivity contribution in [2.75, 3.05) is 27.7 Å². The maximum absolute atomic E-state index is 13.9. The van der Waals surface area contributed by atoms with Crippen LogP contribution in [0.25, 0.3) is 0 Å². The van der Waals surface area contributed by atoms with Gasteiger partial charge in [-0.05, 0) is 48.1 Å². The van der Waals surface area contributed by atoms with Crippen LogP contribution in [0.15, 0.2) is 24.3 Å². The molecule has 298 valence electrons. The molecule has 1 heterocycles. The summed E-state index contributed by atoms with van der Waals surface area (Å²) in [7, 11) is 4.95. The molecule has 12 nitrogen and oxygen atoms in total. The van der Waals surface area contributed by atoms with Crippen LogP contribution in [0.5, 0.6) is 0 Å². The van der Waals surface area contributed by atoms with Crippen molar-refractivity contribution in [2.24, 2.45) is 23.7 Å². The van der Waals surface area contributed by atoms with Gasteiger partial charge in [0.2, 0.25) is 23.6 Å². The summed E-state index contributed by atoms with van der Waals surface area (Å²) in [4.78, 5) is 81.7. The highest BCUT2D eigenvalue weighted by molar-refractivity contribution is 6.03. The average molecular weight is 743 g/mol. The Balaban J connectivity index is 1.93. The Bertz CT molecular complexity index is 1380. The minimum Gasteiger partial charge on any atom is -0.445 e. The number of likely N-dealkylation sites (N-methyl/N-ethyl adjacent to an activating group) is 2. The lowest BCUT2D eigenvalue weighted by atomic mass is 9.90. The van der Waals surface area contributed by atoms with Gasteiger partial charge >= 0.3 is 6.09 Å². The number of imide groups is 1. The van der Waals surface area contributed by atoms with Gasteiger partial charge in [-0.2, -0.15) is 0 Å². The van der Waals surface area contributed by atoms with Crippen molar-refractivity contribution in [3.05, 3.63) is 35.4 Å². The first-order valence-electron chi connectivity index (χ1n) is 19.4. The molecule has 0 spiro atoms. The van der Waals surface area contributed by atoms with Crippen LogP contribution in [-0.2, 0) is 46.5 Å². The molecule has 1 unspecified atom stereocenters. The average Bonchev–Trinajstić information content (AvgIpc) is 3.36. The predicted molar refractivity (Wildman–Crippen MR) is 205 cm³/mol. The van der Waals surface area contributed by atoms with Gasteiger partial charge in [0.25, 0.3) is 0 Å². The molecule has 0 aliphatic carbocycles. The molecule has 53 heavy (non-hydrogen) atoms. The van der Waals surface area contributed by atoms with E-state index in [0.29, 0.717) is 25.8 Å². The fourth-order valence-corrected chi connectivity index (χ4v) is 7.11. The molecule has 6 atom stereocenters. The number of carbonyl (C=O) groups is 6. The van der Waals surface area contributed by atoms with Crippen LogP contribution < -0.4 is 5.32 Å². The van der Waals surface area contributed by atoms with Gasteiger partial charge in [-0.15, -0.1) is 0 Å². The standard InChI is InChI=1S/C41H66N4O8/c1-12-28(7)37(33(13-2)52-11)43(9)40(50)35(26(3)4)42-38(48)36(27(5)6)44(10)41(51)53-25-31-20-18-30(19-21-31)24-32(46)17-15-14-16-22-45-34(47)23-29(8)39(45)49/h18-21,26-29,33,35-37H,12-17,22-25H2,1-11H3,(H,42,48)/t28-,29?,33+,35-,36-,37-/m0/s1. The number of methoxy groups -OCH3 is 1. The Morgan fingerprint density at radius 3 is 2.02 bits per heavy atom. The molecule has 1 aromatic rings. The first-order valence-corrected chi connectivity index (χ1v) is 19.4. The summed E-state index contributed by atoms with van der Waals surface area (Å²) in [6.07, 6.45) is 3.92. The number of Topliss-reactive ketones (excluding diaryl/α,β-unsaturated/α-hetero) is 1. The zero-order valence-electron chi connectivity index (χ0n) is 34.1. The van der Waals surface area contributed by atoms with Gasteiger partial charge in [-0.1, -0.05) is 92.5 Å². The molecule has 5 amide bonds. The molecule has 1 aliphatic heterocycles. The van der Waals surface area contributed by atoms with E-state index in [1.165, 1.54) is 16.8 Å². The number of benzene rings is 1. The lowest BCUT2D eigenvalue weighted by Gasteiger charge is -2.40. The molecule has 1 aliphatic rings. The number of ether oxygens (including phenoxy) is 2. The monoisotopic (exact) mass is 742 g/mol. The maximum atomic E-state index is 13.9. The van der Waals surface area contributed by atoms with Crippen LogP contribution in [0.2, 0.25) is 0 Å². The zero-order chi connectivity index (χ0) is 40.0. The lowest BCUT2D eigenvalue weighted by Crippen LogP contribution is -2.60. The van der Waals surface area contributed by atoms with Gasteiger partial charge in [-0.25, -0.2) is 4.79 Å². The summed E-state index contributed by atoms with van der Waals surface area (Å²) in [6, 6.07) is 5.45. The molecule has 1 saturated heterocycles. The lowest BCUT2D eigenvalue weighted by molar-refractivity contribution is -0.143. The Labute approximate surface area is 317 Å². The minimum atomic E-state index is -0.878. The summed E-state index contributed by atoms with van der Waals surface area (Å²) in [5.41, 5.74) is 1.59. The van der Waals surface area contributed by atoms with Crippen LogP contribution in [0, 0.1) is 23.7 Å². The molecule has 1 fully saturated rings. The van der Waals surface area contributed by atoms with Crippen molar-refractivity contribution in [1.82, 2.24) is 20.0 Å². The number of ketones is 1. The van der Waals surface area contributed by atoms with E-state index in [4.69, 9.17) is 9.47 Å². The van der Waals surface area contributed by atoms with E-state index in [1.807, 2.05) is 58.9 Å². The number of carbonyl (C=O) groups excluding carboxylic acids is 6. The highest BCUT2D eigenvalue weighted by Gasteiger charge is 2.39. The second-order valence-corrected chi connectivity index (χ2v) is 15.4. The van der Waals surface area contributed by atoms with Crippen molar-refractivity contribution in [3.8, 4) is 0 Å². The molecule has 1 aromatic carbocycles. The maximum Gasteiger partial charge on any atom is 0.410 e. The summed E-state index contributed by atoms with van der Waals surface area (Å²) in [5, 5.41) is 2.96. The number of likely N-dealkylation sites (tertiary alicyclic amines) is 1. The van der Waals surface area contributed by atoms with Gasteiger partial charge in [0.1, 0.15) is 24.5 Å². The predicted octanol–water partition coefficient (Wildman–Crippen LogP) is 5.79. The Morgan fingerprint density at radius 1 is 0.887 bits per heavy atom. The van der Waals surface area contributed by atoms with Gasteiger partial charge < -0.3 is 19.7 Å². The third-order valence-corrected chi connectivity index (χ3v) is 10.5. The number of rotatable bonds is 22. The fourth-order valence-electron chi connectivity index (χ4n) is 7.11. The second-order valence-electron chi connectivity index (χ2n) is 15.4. The quantitative estimate of drug-likeness (QED) is 0.116.